The number of rotatable bonds is 4. The van der Waals surface area contributed by atoms with Gasteiger partial charge in [-0.15, -0.1) is 0 Å². The van der Waals surface area contributed by atoms with Crippen molar-refractivity contribution in [3.05, 3.63) is 0 Å². The van der Waals surface area contributed by atoms with E-state index < -0.39 is 6.29 Å². The summed E-state index contributed by atoms with van der Waals surface area (Å²) >= 11 is 0. The van der Waals surface area contributed by atoms with E-state index in [9.17, 15) is 5.11 Å². The molecule has 1 heterocycles. The van der Waals surface area contributed by atoms with Crippen molar-refractivity contribution in [2.45, 2.75) is 19.6 Å². The molecule has 82 valence electrons. The molecule has 2 unspecified atom stereocenters. The van der Waals surface area contributed by atoms with Crippen molar-refractivity contribution in [3.8, 4) is 0 Å². The summed E-state index contributed by atoms with van der Waals surface area (Å²) in [7, 11) is 1.89. The standard InChI is InChI=1S/C8H18N4O2/c1-6-7(11-14-8(6)13)12(9)5-3-4-10-2/h6,8,10,13H,3-5,9H2,1-2H3. The lowest BCUT2D eigenvalue weighted by atomic mass is 10.1. The van der Waals surface area contributed by atoms with Crippen molar-refractivity contribution in [1.82, 2.24) is 10.3 Å². The molecule has 0 aromatic rings. The van der Waals surface area contributed by atoms with Crippen molar-refractivity contribution in [2.24, 2.45) is 16.9 Å². The molecule has 0 saturated heterocycles. The molecule has 0 radical (unpaired) electrons. The Labute approximate surface area is 83.7 Å². The molecule has 4 N–H and O–H groups in total. The first-order valence-corrected chi connectivity index (χ1v) is 4.75. The molecular formula is C8H18N4O2. The van der Waals surface area contributed by atoms with Gasteiger partial charge in [0.2, 0.25) is 6.29 Å². The van der Waals surface area contributed by atoms with Crippen molar-refractivity contribution < 1.29 is 9.94 Å². The zero-order chi connectivity index (χ0) is 10.6. The van der Waals surface area contributed by atoms with E-state index in [1.165, 1.54) is 5.01 Å². The van der Waals surface area contributed by atoms with Gasteiger partial charge in [0.1, 0.15) is 0 Å². The van der Waals surface area contributed by atoms with Crippen LogP contribution in [0.2, 0.25) is 0 Å². The zero-order valence-corrected chi connectivity index (χ0v) is 8.60. The highest BCUT2D eigenvalue weighted by molar-refractivity contribution is 5.84. The Bertz CT molecular complexity index is 210. The van der Waals surface area contributed by atoms with E-state index >= 15 is 0 Å². The second-order valence-corrected chi connectivity index (χ2v) is 3.38. The minimum Gasteiger partial charge on any atom is -0.361 e. The third kappa shape index (κ3) is 2.57. The second-order valence-electron chi connectivity index (χ2n) is 3.38. The van der Waals surface area contributed by atoms with Crippen molar-refractivity contribution in [3.63, 3.8) is 0 Å². The van der Waals surface area contributed by atoms with Gasteiger partial charge in [0.05, 0.1) is 5.92 Å². The SMILES string of the molecule is CNCCCN(N)C1=NOC(O)C1C. The maximum atomic E-state index is 9.26. The zero-order valence-electron chi connectivity index (χ0n) is 8.60. The van der Waals surface area contributed by atoms with Gasteiger partial charge in [0.15, 0.2) is 5.84 Å². The minimum atomic E-state index is -0.861. The second kappa shape index (κ2) is 5.14. The van der Waals surface area contributed by atoms with Gasteiger partial charge in [-0.3, -0.25) is 5.01 Å². The van der Waals surface area contributed by atoms with Crippen LogP contribution in [0.1, 0.15) is 13.3 Å². The fourth-order valence-electron chi connectivity index (χ4n) is 1.26. The van der Waals surface area contributed by atoms with E-state index in [2.05, 4.69) is 10.5 Å². The van der Waals surface area contributed by atoms with Crippen LogP contribution >= 0.6 is 0 Å². The van der Waals surface area contributed by atoms with Crippen LogP contribution in [-0.2, 0) is 4.84 Å². The Kier molecular flexibility index (Phi) is 4.12. The summed E-state index contributed by atoms with van der Waals surface area (Å²) in [6, 6.07) is 0. The van der Waals surface area contributed by atoms with Crippen molar-refractivity contribution in [2.75, 3.05) is 20.1 Å². The average molecular weight is 202 g/mol. The van der Waals surface area contributed by atoms with E-state index in [1.54, 1.807) is 0 Å². The molecule has 1 aliphatic rings. The normalized spacial score (nSPS) is 25.9. The topological polar surface area (TPSA) is 83.1 Å². The van der Waals surface area contributed by atoms with Gasteiger partial charge in [-0.25, -0.2) is 5.84 Å². The van der Waals surface area contributed by atoms with Crippen molar-refractivity contribution in [1.29, 1.82) is 0 Å². The number of hydrogen-bond donors (Lipinski definition) is 3. The lowest BCUT2D eigenvalue weighted by Gasteiger charge is -2.19. The lowest BCUT2D eigenvalue weighted by Crippen LogP contribution is -2.42. The third-order valence-corrected chi connectivity index (χ3v) is 2.21. The van der Waals surface area contributed by atoms with Crippen molar-refractivity contribution >= 4 is 5.84 Å². The van der Waals surface area contributed by atoms with E-state index in [-0.39, 0.29) is 5.92 Å². The first kappa shape index (κ1) is 11.2. The quantitative estimate of drug-likeness (QED) is 0.312. The molecule has 0 fully saturated rings. The molecule has 0 aromatic carbocycles. The number of aliphatic hydroxyl groups is 1. The number of amidine groups is 1. The molecule has 14 heavy (non-hydrogen) atoms. The van der Waals surface area contributed by atoms with E-state index in [0.717, 1.165) is 13.0 Å². The Morgan fingerprint density at radius 1 is 1.71 bits per heavy atom. The van der Waals surface area contributed by atoms with Crippen LogP contribution < -0.4 is 11.2 Å². The fourth-order valence-corrected chi connectivity index (χ4v) is 1.26. The molecule has 0 bridgehead atoms. The summed E-state index contributed by atoms with van der Waals surface area (Å²) in [5.74, 6) is 6.20. The predicted molar refractivity (Wildman–Crippen MR) is 53.1 cm³/mol. The van der Waals surface area contributed by atoms with E-state index in [1.807, 2.05) is 14.0 Å². The number of nitrogens with two attached hydrogens (primary N) is 1. The van der Waals surface area contributed by atoms with Gasteiger partial charge >= 0.3 is 0 Å². The first-order chi connectivity index (χ1) is 6.66. The van der Waals surface area contributed by atoms with Crippen LogP contribution in [0.4, 0.5) is 0 Å². The highest BCUT2D eigenvalue weighted by atomic mass is 16.7. The van der Waals surface area contributed by atoms with Crippen LogP contribution in [0, 0.1) is 5.92 Å². The van der Waals surface area contributed by atoms with Gasteiger partial charge in [0.25, 0.3) is 0 Å². The van der Waals surface area contributed by atoms with Crippen LogP contribution in [0.15, 0.2) is 5.16 Å². The Morgan fingerprint density at radius 2 is 2.43 bits per heavy atom. The average Bonchev–Trinajstić information content (AvgIpc) is 2.48. The summed E-state index contributed by atoms with van der Waals surface area (Å²) in [6.45, 7) is 3.42. The number of hydrogen-bond acceptors (Lipinski definition) is 6. The van der Waals surface area contributed by atoms with E-state index in [4.69, 9.17) is 10.7 Å². The first-order valence-electron chi connectivity index (χ1n) is 4.75. The largest absolute Gasteiger partial charge is 0.361 e. The number of nitrogens with one attached hydrogen (secondary N) is 1. The summed E-state index contributed by atoms with van der Waals surface area (Å²) in [5.41, 5.74) is 0. The van der Waals surface area contributed by atoms with Gasteiger partial charge in [-0.05, 0) is 26.9 Å². The molecule has 1 aliphatic heterocycles. The Morgan fingerprint density at radius 3 is 2.93 bits per heavy atom. The summed E-state index contributed by atoms with van der Waals surface area (Å²) < 4.78 is 0. The summed E-state index contributed by atoms with van der Waals surface area (Å²) in [5, 5.41) is 17.5. The summed E-state index contributed by atoms with van der Waals surface area (Å²) in [4.78, 5) is 4.71. The molecule has 6 heteroatoms. The number of oxime groups is 1. The molecule has 6 nitrogen and oxygen atoms in total. The summed E-state index contributed by atoms with van der Waals surface area (Å²) in [6.07, 6.45) is 0.0646. The predicted octanol–water partition coefficient (Wildman–Crippen LogP) is -0.930. The van der Waals surface area contributed by atoms with E-state index in [0.29, 0.717) is 12.4 Å². The maximum Gasteiger partial charge on any atom is 0.234 e. The van der Waals surface area contributed by atoms with Crippen LogP contribution in [0.3, 0.4) is 0 Å². The molecule has 0 aromatic heterocycles. The maximum absolute atomic E-state index is 9.26. The fraction of sp³-hybridized carbons (Fsp3) is 0.875. The monoisotopic (exact) mass is 202 g/mol. The molecular weight excluding hydrogens is 184 g/mol. The molecule has 0 spiro atoms. The molecule has 0 aliphatic carbocycles. The number of aliphatic hydroxyl groups excluding tert-OH is 1. The smallest absolute Gasteiger partial charge is 0.234 e. The third-order valence-electron chi connectivity index (χ3n) is 2.21. The Balaban J connectivity index is 2.34. The van der Waals surface area contributed by atoms with Gasteiger partial charge in [-0.2, -0.15) is 0 Å². The number of nitrogens with zero attached hydrogens (tertiary/aromatic N) is 2. The van der Waals surface area contributed by atoms with Gasteiger partial charge in [0, 0.05) is 6.54 Å². The number of hydrazine groups is 1. The van der Waals surface area contributed by atoms with Gasteiger partial charge < -0.3 is 15.3 Å². The molecule has 0 saturated carbocycles. The van der Waals surface area contributed by atoms with Gasteiger partial charge in [-0.1, -0.05) is 5.16 Å². The minimum absolute atomic E-state index is 0.158. The Hall–Kier alpha value is -0.850. The molecule has 2 atom stereocenters. The molecule has 1 rings (SSSR count). The van der Waals surface area contributed by atoms with Crippen LogP contribution in [0.5, 0.6) is 0 Å². The van der Waals surface area contributed by atoms with Crippen LogP contribution in [-0.4, -0.2) is 42.4 Å². The highest BCUT2D eigenvalue weighted by Crippen LogP contribution is 2.16. The van der Waals surface area contributed by atoms with Crippen LogP contribution in [0.25, 0.3) is 0 Å². The lowest BCUT2D eigenvalue weighted by molar-refractivity contribution is -0.0960. The molecule has 0 amide bonds. The highest BCUT2D eigenvalue weighted by Gasteiger charge is 2.30.